The summed E-state index contributed by atoms with van der Waals surface area (Å²) in [5.74, 6) is -0.0836. The number of nitrogens with one attached hydrogen (secondary N) is 1. The summed E-state index contributed by atoms with van der Waals surface area (Å²) >= 11 is 2.94. The minimum absolute atomic E-state index is 0.0746. The van der Waals surface area contributed by atoms with Gasteiger partial charge >= 0.3 is 0 Å². The quantitative estimate of drug-likeness (QED) is 0.721. The van der Waals surface area contributed by atoms with Crippen LogP contribution >= 0.6 is 22.7 Å². The summed E-state index contributed by atoms with van der Waals surface area (Å²) in [5, 5.41) is 5.39. The van der Waals surface area contributed by atoms with E-state index in [4.69, 9.17) is 0 Å². The fourth-order valence-electron chi connectivity index (χ4n) is 3.26. The second kappa shape index (κ2) is 6.48. The number of aromatic nitrogens is 2. The number of nitrogens with zero attached hydrogens (tertiary/aromatic N) is 2. The second-order valence-electron chi connectivity index (χ2n) is 7.29. The molecule has 5 nitrogen and oxygen atoms in total. The van der Waals surface area contributed by atoms with Gasteiger partial charge in [-0.3, -0.25) is 14.9 Å². The van der Waals surface area contributed by atoms with Gasteiger partial charge in [0.15, 0.2) is 10.9 Å². The number of rotatable bonds is 4. The van der Waals surface area contributed by atoms with Crippen LogP contribution in [0.2, 0.25) is 0 Å². The van der Waals surface area contributed by atoms with Crippen LogP contribution in [0.3, 0.4) is 0 Å². The maximum Gasteiger partial charge on any atom is 0.274 e. The van der Waals surface area contributed by atoms with E-state index >= 15 is 0 Å². The van der Waals surface area contributed by atoms with Crippen molar-refractivity contribution >= 4 is 39.5 Å². The average Bonchev–Trinajstić information content (AvgIpc) is 3.27. The lowest BCUT2D eigenvalue weighted by Crippen LogP contribution is -2.26. The Bertz CT molecular complexity index is 967. The van der Waals surface area contributed by atoms with Gasteiger partial charge in [0.25, 0.3) is 5.91 Å². The molecule has 26 heavy (non-hydrogen) atoms. The fraction of sp³-hybridized carbons (Fsp3) is 0.316. The molecule has 0 unspecified atom stereocenters. The first-order valence-electron chi connectivity index (χ1n) is 8.43. The van der Waals surface area contributed by atoms with Crippen molar-refractivity contribution in [1.29, 1.82) is 0 Å². The van der Waals surface area contributed by atoms with E-state index in [0.29, 0.717) is 28.7 Å². The Morgan fingerprint density at radius 2 is 2.15 bits per heavy atom. The molecule has 1 aliphatic carbocycles. The SMILES string of the molecule is CC1(C)CC(=O)c2sc(NC(=O)c3cccn3Cc3cccs3)nc2C1. The van der Waals surface area contributed by atoms with Crippen molar-refractivity contribution in [2.75, 3.05) is 5.32 Å². The third-order valence-electron chi connectivity index (χ3n) is 4.42. The smallest absolute Gasteiger partial charge is 0.274 e. The summed E-state index contributed by atoms with van der Waals surface area (Å²) in [7, 11) is 0. The molecule has 3 aromatic heterocycles. The van der Waals surface area contributed by atoms with Crippen LogP contribution in [0, 0.1) is 5.41 Å². The van der Waals surface area contributed by atoms with Crippen LogP contribution in [0.1, 0.15) is 51.0 Å². The maximum atomic E-state index is 12.7. The van der Waals surface area contributed by atoms with Crippen LogP contribution in [0.25, 0.3) is 0 Å². The van der Waals surface area contributed by atoms with E-state index in [1.165, 1.54) is 16.2 Å². The van der Waals surface area contributed by atoms with Gasteiger partial charge in [0.05, 0.1) is 17.1 Å². The second-order valence-corrected chi connectivity index (χ2v) is 9.32. The zero-order valence-electron chi connectivity index (χ0n) is 14.6. The Labute approximate surface area is 159 Å². The van der Waals surface area contributed by atoms with Crippen LogP contribution < -0.4 is 5.32 Å². The minimum Gasteiger partial charge on any atom is -0.338 e. The highest BCUT2D eigenvalue weighted by molar-refractivity contribution is 7.17. The summed E-state index contributed by atoms with van der Waals surface area (Å²) in [4.78, 5) is 31.4. The zero-order valence-corrected chi connectivity index (χ0v) is 16.2. The van der Waals surface area contributed by atoms with Crippen molar-refractivity contribution in [1.82, 2.24) is 9.55 Å². The van der Waals surface area contributed by atoms with Crippen LogP contribution in [0.4, 0.5) is 5.13 Å². The van der Waals surface area contributed by atoms with E-state index in [1.54, 1.807) is 17.4 Å². The van der Waals surface area contributed by atoms with Gasteiger partial charge in [-0.25, -0.2) is 4.98 Å². The highest BCUT2D eigenvalue weighted by atomic mass is 32.1. The van der Waals surface area contributed by atoms with E-state index in [-0.39, 0.29) is 17.1 Å². The van der Waals surface area contributed by atoms with Crippen molar-refractivity contribution in [2.24, 2.45) is 5.41 Å². The zero-order chi connectivity index (χ0) is 18.3. The molecule has 4 rings (SSSR count). The van der Waals surface area contributed by atoms with Crippen LogP contribution in [-0.4, -0.2) is 21.2 Å². The Hall–Kier alpha value is -2.25. The molecular weight excluding hydrogens is 366 g/mol. The number of Topliss-reactive ketones (excluding diaryl/α,β-unsaturated/α-hetero) is 1. The van der Waals surface area contributed by atoms with E-state index in [0.717, 1.165) is 12.1 Å². The summed E-state index contributed by atoms with van der Waals surface area (Å²) in [5.41, 5.74) is 1.31. The largest absolute Gasteiger partial charge is 0.338 e. The van der Waals surface area contributed by atoms with Crippen LogP contribution in [0.15, 0.2) is 35.8 Å². The summed E-state index contributed by atoms with van der Waals surface area (Å²) in [6, 6.07) is 7.71. The lowest BCUT2D eigenvalue weighted by molar-refractivity contribution is 0.0915. The average molecular weight is 386 g/mol. The normalized spacial score (nSPS) is 15.7. The number of anilines is 1. The molecule has 3 heterocycles. The topological polar surface area (TPSA) is 64.0 Å². The number of ketones is 1. The van der Waals surface area contributed by atoms with Gasteiger partial charge in [0, 0.05) is 17.5 Å². The van der Waals surface area contributed by atoms with Crippen molar-refractivity contribution in [3.8, 4) is 0 Å². The van der Waals surface area contributed by atoms with Gasteiger partial charge in [0.1, 0.15) is 5.69 Å². The third-order valence-corrected chi connectivity index (χ3v) is 6.34. The van der Waals surface area contributed by atoms with Crippen LogP contribution in [-0.2, 0) is 13.0 Å². The number of amides is 1. The first-order valence-corrected chi connectivity index (χ1v) is 10.1. The van der Waals surface area contributed by atoms with E-state index < -0.39 is 0 Å². The number of thiazole rings is 1. The van der Waals surface area contributed by atoms with Gasteiger partial charge in [-0.05, 0) is 35.4 Å². The van der Waals surface area contributed by atoms with Gasteiger partial charge in [-0.1, -0.05) is 31.3 Å². The van der Waals surface area contributed by atoms with Crippen molar-refractivity contribution < 1.29 is 9.59 Å². The Kier molecular flexibility index (Phi) is 4.28. The first-order chi connectivity index (χ1) is 12.4. The number of fused-ring (bicyclic) bond motifs is 1. The highest BCUT2D eigenvalue weighted by Crippen LogP contribution is 2.38. The molecule has 0 radical (unpaired) electrons. The molecule has 3 aromatic rings. The fourth-order valence-corrected chi connectivity index (χ4v) is 4.88. The lowest BCUT2D eigenvalue weighted by atomic mass is 9.78. The molecule has 7 heteroatoms. The lowest BCUT2D eigenvalue weighted by Gasteiger charge is -2.26. The van der Waals surface area contributed by atoms with Crippen molar-refractivity contribution in [3.63, 3.8) is 0 Å². The number of hydrogen-bond donors (Lipinski definition) is 1. The number of hydrogen-bond acceptors (Lipinski definition) is 5. The Balaban J connectivity index is 1.53. The number of carbonyl (C=O) groups is 2. The van der Waals surface area contributed by atoms with Gasteiger partial charge in [-0.2, -0.15) is 0 Å². The molecule has 0 bridgehead atoms. The summed E-state index contributed by atoms with van der Waals surface area (Å²) in [6.45, 7) is 4.81. The molecule has 0 saturated carbocycles. The molecule has 134 valence electrons. The molecule has 0 aromatic carbocycles. The molecular formula is C19H19N3O2S2. The van der Waals surface area contributed by atoms with Crippen molar-refractivity contribution in [2.45, 2.75) is 33.2 Å². The van der Waals surface area contributed by atoms with Gasteiger partial charge in [-0.15, -0.1) is 11.3 Å². The van der Waals surface area contributed by atoms with Crippen LogP contribution in [0.5, 0.6) is 0 Å². The summed E-state index contributed by atoms with van der Waals surface area (Å²) < 4.78 is 1.92. The Morgan fingerprint density at radius 1 is 1.31 bits per heavy atom. The number of thiophene rings is 1. The van der Waals surface area contributed by atoms with Gasteiger partial charge < -0.3 is 4.57 Å². The number of carbonyl (C=O) groups excluding carboxylic acids is 2. The minimum atomic E-state index is -0.204. The first kappa shape index (κ1) is 17.2. The molecule has 1 aliphatic rings. The monoisotopic (exact) mass is 385 g/mol. The van der Waals surface area contributed by atoms with Crippen molar-refractivity contribution in [3.05, 3.63) is 57.0 Å². The molecule has 0 atom stereocenters. The molecule has 0 aliphatic heterocycles. The summed E-state index contributed by atoms with van der Waals surface area (Å²) in [6.07, 6.45) is 3.18. The molecule has 1 amide bonds. The highest BCUT2D eigenvalue weighted by Gasteiger charge is 2.34. The molecule has 1 N–H and O–H groups in total. The third kappa shape index (κ3) is 3.37. The molecule has 0 saturated heterocycles. The molecule has 0 spiro atoms. The predicted molar refractivity (Wildman–Crippen MR) is 104 cm³/mol. The standard InChI is InChI=1S/C19H19N3O2S2/c1-19(2)9-13-16(15(23)10-19)26-18(20-13)21-17(24)14-6-3-7-22(14)11-12-5-4-8-25-12/h3-8H,9-11H2,1-2H3,(H,20,21,24). The van der Waals surface area contributed by atoms with E-state index in [2.05, 4.69) is 30.2 Å². The van der Waals surface area contributed by atoms with Gasteiger partial charge in [0.2, 0.25) is 0 Å². The Morgan fingerprint density at radius 3 is 2.92 bits per heavy atom. The predicted octanol–water partition coefficient (Wildman–Crippen LogP) is 4.46. The maximum absolute atomic E-state index is 12.7. The van der Waals surface area contributed by atoms with E-state index in [9.17, 15) is 9.59 Å². The van der Waals surface area contributed by atoms with E-state index in [1.807, 2.05) is 28.3 Å². The molecule has 0 fully saturated rings.